The summed E-state index contributed by atoms with van der Waals surface area (Å²) in [5, 5.41) is 3.16. The number of hydrogen-bond donors (Lipinski definition) is 1. The van der Waals surface area contributed by atoms with E-state index >= 15 is 0 Å². The van der Waals surface area contributed by atoms with E-state index in [1.54, 1.807) is 0 Å². The first-order valence-corrected chi connectivity index (χ1v) is 5.91. The highest BCUT2D eigenvalue weighted by atomic mass is 15.0. The highest BCUT2D eigenvalue weighted by molar-refractivity contribution is 5.45. The molecular formula is C13H23N3. The van der Waals surface area contributed by atoms with Crippen LogP contribution in [0.3, 0.4) is 0 Å². The van der Waals surface area contributed by atoms with Crippen molar-refractivity contribution in [2.75, 3.05) is 12.4 Å². The fourth-order valence-corrected chi connectivity index (χ4v) is 1.84. The van der Waals surface area contributed by atoms with Crippen molar-refractivity contribution in [3.8, 4) is 0 Å². The first-order valence-electron chi connectivity index (χ1n) is 5.91. The topological polar surface area (TPSA) is 37.8 Å². The lowest BCUT2D eigenvalue weighted by Gasteiger charge is -2.18. The Labute approximate surface area is 98.7 Å². The maximum atomic E-state index is 4.59. The summed E-state index contributed by atoms with van der Waals surface area (Å²) in [7, 11) is 1.92. The molecule has 0 atom stereocenters. The molecule has 1 heterocycles. The highest BCUT2D eigenvalue weighted by Crippen LogP contribution is 2.22. The van der Waals surface area contributed by atoms with E-state index in [4.69, 9.17) is 0 Å². The molecule has 0 saturated carbocycles. The quantitative estimate of drug-likeness (QED) is 0.852. The summed E-state index contributed by atoms with van der Waals surface area (Å²) < 4.78 is 0. The van der Waals surface area contributed by atoms with Gasteiger partial charge in [0.1, 0.15) is 11.6 Å². The van der Waals surface area contributed by atoms with Crippen LogP contribution in [0.15, 0.2) is 0 Å². The van der Waals surface area contributed by atoms with E-state index in [0.29, 0.717) is 0 Å². The van der Waals surface area contributed by atoms with Crippen LogP contribution < -0.4 is 5.32 Å². The van der Waals surface area contributed by atoms with Crippen LogP contribution in [0.1, 0.15) is 44.8 Å². The normalized spacial score (nSPS) is 11.6. The smallest absolute Gasteiger partial charge is 0.132 e. The summed E-state index contributed by atoms with van der Waals surface area (Å²) in [5.74, 6) is 1.92. The molecule has 3 nitrogen and oxygen atoms in total. The van der Waals surface area contributed by atoms with E-state index < -0.39 is 0 Å². The van der Waals surface area contributed by atoms with Crippen LogP contribution in [0.4, 0.5) is 5.82 Å². The van der Waals surface area contributed by atoms with Crippen LogP contribution in [0.25, 0.3) is 0 Å². The van der Waals surface area contributed by atoms with Crippen LogP contribution in [0.5, 0.6) is 0 Å². The SMILES string of the molecule is CCc1c(C)nc(CC(C)(C)C)nc1NC. The molecule has 0 aliphatic rings. The molecule has 1 aromatic heterocycles. The molecule has 0 unspecified atom stereocenters. The minimum Gasteiger partial charge on any atom is -0.373 e. The second-order valence-corrected chi connectivity index (χ2v) is 5.39. The van der Waals surface area contributed by atoms with E-state index in [9.17, 15) is 0 Å². The predicted octanol–water partition coefficient (Wildman–Crippen LogP) is 2.98. The van der Waals surface area contributed by atoms with Gasteiger partial charge in [0.15, 0.2) is 0 Å². The lowest BCUT2D eigenvalue weighted by molar-refractivity contribution is 0.400. The number of aryl methyl sites for hydroxylation is 1. The van der Waals surface area contributed by atoms with Crippen LogP contribution in [0, 0.1) is 12.3 Å². The molecule has 1 N–H and O–H groups in total. The predicted molar refractivity (Wildman–Crippen MR) is 68.9 cm³/mol. The second kappa shape index (κ2) is 4.81. The number of nitrogens with zero attached hydrogens (tertiary/aromatic N) is 2. The van der Waals surface area contributed by atoms with Gasteiger partial charge in [0.05, 0.1) is 0 Å². The van der Waals surface area contributed by atoms with Gasteiger partial charge in [-0.15, -0.1) is 0 Å². The molecule has 0 bridgehead atoms. The minimum atomic E-state index is 0.227. The van der Waals surface area contributed by atoms with E-state index in [1.165, 1.54) is 5.56 Å². The highest BCUT2D eigenvalue weighted by Gasteiger charge is 2.16. The number of aromatic nitrogens is 2. The third-order valence-corrected chi connectivity index (χ3v) is 2.54. The zero-order valence-corrected chi connectivity index (χ0v) is 11.3. The van der Waals surface area contributed by atoms with Crippen molar-refractivity contribution in [1.82, 2.24) is 9.97 Å². The van der Waals surface area contributed by atoms with E-state index in [2.05, 4.69) is 49.9 Å². The van der Waals surface area contributed by atoms with Gasteiger partial charge in [0, 0.05) is 24.7 Å². The van der Waals surface area contributed by atoms with Gasteiger partial charge in [-0.2, -0.15) is 0 Å². The summed E-state index contributed by atoms with van der Waals surface area (Å²) in [6, 6.07) is 0. The van der Waals surface area contributed by atoms with Gasteiger partial charge in [-0.1, -0.05) is 27.7 Å². The van der Waals surface area contributed by atoms with Gasteiger partial charge in [-0.25, -0.2) is 9.97 Å². The standard InChI is InChI=1S/C13H23N3/c1-7-10-9(2)15-11(8-13(3,4)5)16-12(10)14-6/h7-8H2,1-6H3,(H,14,15,16). The molecule has 0 spiro atoms. The van der Waals surface area contributed by atoms with Gasteiger partial charge < -0.3 is 5.32 Å². The zero-order chi connectivity index (χ0) is 12.3. The number of rotatable bonds is 3. The largest absolute Gasteiger partial charge is 0.373 e. The monoisotopic (exact) mass is 221 g/mol. The number of anilines is 1. The molecule has 1 rings (SSSR count). The van der Waals surface area contributed by atoms with Crippen molar-refractivity contribution in [3.63, 3.8) is 0 Å². The Kier molecular flexibility index (Phi) is 3.89. The fourth-order valence-electron chi connectivity index (χ4n) is 1.84. The van der Waals surface area contributed by atoms with Crippen molar-refractivity contribution < 1.29 is 0 Å². The Hall–Kier alpha value is -1.12. The van der Waals surface area contributed by atoms with Crippen LogP contribution in [-0.2, 0) is 12.8 Å². The van der Waals surface area contributed by atoms with Crippen LogP contribution in [0.2, 0.25) is 0 Å². The average molecular weight is 221 g/mol. The summed E-state index contributed by atoms with van der Waals surface area (Å²) in [4.78, 5) is 9.17. The second-order valence-electron chi connectivity index (χ2n) is 5.39. The Bertz CT molecular complexity index is 364. The molecule has 0 aromatic carbocycles. The molecule has 0 aliphatic heterocycles. The van der Waals surface area contributed by atoms with Crippen molar-refractivity contribution in [2.24, 2.45) is 5.41 Å². The Morgan fingerprint density at radius 2 is 1.81 bits per heavy atom. The Morgan fingerprint density at radius 1 is 1.19 bits per heavy atom. The fraction of sp³-hybridized carbons (Fsp3) is 0.692. The summed E-state index contributed by atoms with van der Waals surface area (Å²) in [6.07, 6.45) is 1.88. The van der Waals surface area contributed by atoms with Crippen molar-refractivity contribution >= 4 is 5.82 Å². The minimum absolute atomic E-state index is 0.227. The summed E-state index contributed by atoms with van der Waals surface area (Å²) >= 11 is 0. The van der Waals surface area contributed by atoms with Crippen molar-refractivity contribution in [1.29, 1.82) is 0 Å². The van der Waals surface area contributed by atoms with Gasteiger partial charge in [-0.3, -0.25) is 0 Å². The van der Waals surface area contributed by atoms with Gasteiger partial charge in [0.25, 0.3) is 0 Å². The van der Waals surface area contributed by atoms with Crippen LogP contribution >= 0.6 is 0 Å². The molecule has 0 aliphatic carbocycles. The number of hydrogen-bond acceptors (Lipinski definition) is 3. The van der Waals surface area contributed by atoms with Crippen LogP contribution in [-0.4, -0.2) is 17.0 Å². The van der Waals surface area contributed by atoms with Gasteiger partial charge in [0.2, 0.25) is 0 Å². The third-order valence-electron chi connectivity index (χ3n) is 2.54. The average Bonchev–Trinajstić information content (AvgIpc) is 2.14. The first kappa shape index (κ1) is 12.9. The molecule has 0 saturated heterocycles. The third kappa shape index (κ3) is 3.19. The molecule has 3 heteroatoms. The molecular weight excluding hydrogens is 198 g/mol. The van der Waals surface area contributed by atoms with E-state index in [-0.39, 0.29) is 5.41 Å². The zero-order valence-electron chi connectivity index (χ0n) is 11.3. The lowest BCUT2D eigenvalue weighted by atomic mass is 9.92. The molecule has 16 heavy (non-hydrogen) atoms. The summed E-state index contributed by atoms with van der Waals surface area (Å²) in [5.41, 5.74) is 2.55. The Balaban J connectivity index is 3.10. The maximum absolute atomic E-state index is 4.59. The van der Waals surface area contributed by atoms with Crippen molar-refractivity contribution in [3.05, 3.63) is 17.1 Å². The number of nitrogens with one attached hydrogen (secondary N) is 1. The van der Waals surface area contributed by atoms with E-state index in [0.717, 1.165) is 30.2 Å². The molecule has 0 amide bonds. The van der Waals surface area contributed by atoms with Gasteiger partial charge >= 0.3 is 0 Å². The molecule has 0 fully saturated rings. The maximum Gasteiger partial charge on any atom is 0.132 e. The lowest BCUT2D eigenvalue weighted by Crippen LogP contribution is -2.14. The summed E-state index contributed by atoms with van der Waals surface area (Å²) in [6.45, 7) is 10.8. The van der Waals surface area contributed by atoms with Gasteiger partial charge in [-0.05, 0) is 18.8 Å². The molecule has 0 radical (unpaired) electrons. The van der Waals surface area contributed by atoms with Crippen molar-refractivity contribution in [2.45, 2.75) is 47.5 Å². The molecule has 1 aromatic rings. The van der Waals surface area contributed by atoms with E-state index in [1.807, 2.05) is 7.05 Å². The first-order chi connectivity index (χ1) is 7.37. The molecule has 90 valence electrons. The Morgan fingerprint density at radius 3 is 2.25 bits per heavy atom.